The topological polar surface area (TPSA) is 49.9 Å². The second-order valence-corrected chi connectivity index (χ2v) is 10.3. The zero-order valence-electron chi connectivity index (χ0n) is 17.8. The zero-order valence-corrected chi connectivity index (χ0v) is 19.3. The molecule has 0 saturated carbocycles. The summed E-state index contributed by atoms with van der Waals surface area (Å²) < 4.78 is 33.9. The first-order valence-corrected chi connectivity index (χ1v) is 12.4. The smallest absolute Gasteiger partial charge is 0.243 e. The lowest BCUT2D eigenvalue weighted by atomic mass is 9.99. The first-order valence-electron chi connectivity index (χ1n) is 10.6. The molecule has 1 saturated heterocycles. The Bertz CT molecular complexity index is 893. The zero-order chi connectivity index (χ0) is 21.6. The summed E-state index contributed by atoms with van der Waals surface area (Å²) in [7, 11) is -3.63. The fourth-order valence-electron chi connectivity index (χ4n) is 3.64. The van der Waals surface area contributed by atoms with Crippen molar-refractivity contribution in [2.24, 2.45) is 5.92 Å². The highest BCUT2D eigenvalue weighted by Crippen LogP contribution is 2.23. The predicted octanol–water partition coefficient (Wildman–Crippen LogP) is 4.66. The molecule has 2 aromatic carbocycles. The number of halogens is 1. The average Bonchev–Trinajstić information content (AvgIpc) is 2.74. The van der Waals surface area contributed by atoms with Crippen molar-refractivity contribution < 1.29 is 13.2 Å². The molecular formula is C23H31ClN2O3S. The van der Waals surface area contributed by atoms with Crippen LogP contribution in [0.25, 0.3) is 0 Å². The third kappa shape index (κ3) is 6.20. The SMILES string of the molecule is CCOc1ccc(S(=O)(=O)N(CCN2CCC(C)CC2)Cc2ccc(Cl)cc2)cc1. The van der Waals surface area contributed by atoms with Gasteiger partial charge in [-0.1, -0.05) is 30.7 Å². The van der Waals surface area contributed by atoms with Gasteiger partial charge < -0.3 is 9.64 Å². The van der Waals surface area contributed by atoms with Crippen LogP contribution in [0, 0.1) is 5.92 Å². The number of hydrogen-bond acceptors (Lipinski definition) is 4. The van der Waals surface area contributed by atoms with Crippen molar-refractivity contribution in [3.63, 3.8) is 0 Å². The number of ether oxygens (including phenoxy) is 1. The maximum Gasteiger partial charge on any atom is 0.243 e. The molecule has 30 heavy (non-hydrogen) atoms. The Labute approximate surface area is 185 Å². The molecule has 0 spiro atoms. The van der Waals surface area contributed by atoms with Crippen LogP contribution in [0.2, 0.25) is 5.02 Å². The molecule has 1 aliphatic heterocycles. The molecule has 0 aromatic heterocycles. The lowest BCUT2D eigenvalue weighted by molar-refractivity contribution is 0.181. The number of rotatable bonds is 9. The molecule has 1 fully saturated rings. The summed E-state index contributed by atoms with van der Waals surface area (Å²) in [6, 6.07) is 14.0. The van der Waals surface area contributed by atoms with Gasteiger partial charge >= 0.3 is 0 Å². The summed E-state index contributed by atoms with van der Waals surface area (Å²) >= 11 is 6.00. The lowest BCUT2D eigenvalue weighted by Gasteiger charge is -2.32. The molecule has 0 amide bonds. The number of nitrogens with zero attached hydrogens (tertiary/aromatic N) is 2. The highest BCUT2D eigenvalue weighted by molar-refractivity contribution is 7.89. The summed E-state index contributed by atoms with van der Waals surface area (Å²) in [5.41, 5.74) is 0.918. The molecule has 5 nitrogen and oxygen atoms in total. The van der Waals surface area contributed by atoms with E-state index in [1.807, 2.05) is 19.1 Å². The lowest BCUT2D eigenvalue weighted by Crippen LogP contribution is -2.41. The van der Waals surface area contributed by atoms with Crippen molar-refractivity contribution in [1.29, 1.82) is 0 Å². The number of benzene rings is 2. The highest BCUT2D eigenvalue weighted by atomic mass is 35.5. The minimum absolute atomic E-state index is 0.284. The van der Waals surface area contributed by atoms with Crippen LogP contribution in [0.4, 0.5) is 0 Å². The van der Waals surface area contributed by atoms with E-state index in [4.69, 9.17) is 16.3 Å². The fraction of sp³-hybridized carbons (Fsp3) is 0.478. The second kappa shape index (κ2) is 10.6. The van der Waals surface area contributed by atoms with Crippen LogP contribution in [0.1, 0.15) is 32.3 Å². The summed E-state index contributed by atoms with van der Waals surface area (Å²) in [6.07, 6.45) is 2.34. The molecule has 0 N–H and O–H groups in total. The van der Waals surface area contributed by atoms with Crippen LogP contribution >= 0.6 is 11.6 Å². The van der Waals surface area contributed by atoms with Crippen molar-refractivity contribution in [2.45, 2.75) is 38.1 Å². The first-order chi connectivity index (χ1) is 14.4. The first kappa shape index (κ1) is 23.1. The second-order valence-electron chi connectivity index (χ2n) is 7.89. The summed E-state index contributed by atoms with van der Waals surface area (Å²) in [5, 5.41) is 0.641. The summed E-state index contributed by atoms with van der Waals surface area (Å²) in [6.45, 7) is 8.28. The molecule has 7 heteroatoms. The van der Waals surface area contributed by atoms with Gasteiger partial charge in [0.2, 0.25) is 10.0 Å². The summed E-state index contributed by atoms with van der Waals surface area (Å²) in [5.74, 6) is 1.42. The third-order valence-corrected chi connectivity index (χ3v) is 7.70. The Morgan fingerprint density at radius 2 is 1.70 bits per heavy atom. The Balaban J connectivity index is 1.78. The van der Waals surface area contributed by atoms with Gasteiger partial charge in [0, 0.05) is 24.7 Å². The van der Waals surface area contributed by atoms with Crippen LogP contribution < -0.4 is 4.74 Å². The van der Waals surface area contributed by atoms with Gasteiger partial charge in [0.15, 0.2) is 0 Å². The summed E-state index contributed by atoms with van der Waals surface area (Å²) in [4.78, 5) is 2.65. The number of sulfonamides is 1. The van der Waals surface area contributed by atoms with Gasteiger partial charge in [0.25, 0.3) is 0 Å². The predicted molar refractivity (Wildman–Crippen MR) is 121 cm³/mol. The van der Waals surface area contributed by atoms with Crippen LogP contribution in [-0.4, -0.2) is 50.4 Å². The van der Waals surface area contributed by atoms with E-state index in [1.54, 1.807) is 40.7 Å². The molecule has 1 heterocycles. The van der Waals surface area contributed by atoms with Crippen LogP contribution in [0.5, 0.6) is 5.75 Å². The molecule has 0 unspecified atom stereocenters. The van der Waals surface area contributed by atoms with Crippen molar-refractivity contribution in [3.05, 3.63) is 59.1 Å². The van der Waals surface area contributed by atoms with Gasteiger partial charge in [0.05, 0.1) is 11.5 Å². The molecule has 0 radical (unpaired) electrons. The minimum Gasteiger partial charge on any atom is -0.494 e. The third-order valence-electron chi connectivity index (χ3n) is 5.59. The van der Waals surface area contributed by atoms with E-state index in [1.165, 1.54) is 12.8 Å². The molecule has 0 atom stereocenters. The van der Waals surface area contributed by atoms with E-state index in [9.17, 15) is 8.42 Å². The Hall–Kier alpha value is -1.60. The average molecular weight is 451 g/mol. The van der Waals surface area contributed by atoms with E-state index in [0.717, 1.165) is 31.1 Å². The monoisotopic (exact) mass is 450 g/mol. The van der Waals surface area contributed by atoms with Gasteiger partial charge in [-0.05, 0) is 80.7 Å². The molecule has 0 bridgehead atoms. The van der Waals surface area contributed by atoms with Gasteiger partial charge in [-0.3, -0.25) is 0 Å². The van der Waals surface area contributed by atoms with E-state index in [0.29, 0.717) is 30.5 Å². The van der Waals surface area contributed by atoms with Crippen molar-refractivity contribution in [2.75, 3.05) is 32.8 Å². The van der Waals surface area contributed by atoms with E-state index >= 15 is 0 Å². The number of piperidine rings is 1. The Kier molecular flexibility index (Phi) is 8.17. The van der Waals surface area contributed by atoms with Crippen LogP contribution in [0.15, 0.2) is 53.4 Å². The molecule has 164 valence electrons. The number of hydrogen-bond donors (Lipinski definition) is 0. The van der Waals surface area contributed by atoms with Crippen molar-refractivity contribution in [1.82, 2.24) is 9.21 Å². The van der Waals surface area contributed by atoms with E-state index in [2.05, 4.69) is 11.8 Å². The van der Waals surface area contributed by atoms with E-state index < -0.39 is 10.0 Å². The van der Waals surface area contributed by atoms with E-state index in [-0.39, 0.29) is 4.90 Å². The molecule has 3 rings (SSSR count). The molecule has 0 aliphatic carbocycles. The number of likely N-dealkylation sites (tertiary alicyclic amines) is 1. The van der Waals surface area contributed by atoms with Crippen LogP contribution in [-0.2, 0) is 16.6 Å². The van der Waals surface area contributed by atoms with Crippen LogP contribution in [0.3, 0.4) is 0 Å². The maximum atomic E-state index is 13.4. The minimum atomic E-state index is -3.63. The fourth-order valence-corrected chi connectivity index (χ4v) is 5.19. The Morgan fingerprint density at radius 3 is 2.30 bits per heavy atom. The van der Waals surface area contributed by atoms with Gasteiger partial charge in [0.1, 0.15) is 5.75 Å². The largest absolute Gasteiger partial charge is 0.494 e. The van der Waals surface area contributed by atoms with Crippen molar-refractivity contribution in [3.8, 4) is 5.75 Å². The molecule has 2 aromatic rings. The van der Waals surface area contributed by atoms with Crippen molar-refractivity contribution >= 4 is 21.6 Å². The normalized spacial score (nSPS) is 16.1. The van der Waals surface area contributed by atoms with Gasteiger partial charge in [-0.2, -0.15) is 4.31 Å². The van der Waals surface area contributed by atoms with Gasteiger partial charge in [-0.15, -0.1) is 0 Å². The Morgan fingerprint density at radius 1 is 1.07 bits per heavy atom. The molecular weight excluding hydrogens is 420 g/mol. The quantitative estimate of drug-likeness (QED) is 0.557. The van der Waals surface area contributed by atoms with Gasteiger partial charge in [-0.25, -0.2) is 8.42 Å². The highest BCUT2D eigenvalue weighted by Gasteiger charge is 2.26. The molecule has 1 aliphatic rings. The standard InChI is InChI=1S/C23H31ClN2O3S/c1-3-29-22-8-10-23(11-9-22)30(27,28)26(18-20-4-6-21(24)7-5-20)17-16-25-14-12-19(2)13-15-25/h4-11,19H,3,12-18H2,1-2H3. The maximum absolute atomic E-state index is 13.4.